The zero-order chi connectivity index (χ0) is 13.9. The molecule has 102 valence electrons. The Bertz CT molecular complexity index is 703. The molecule has 0 saturated heterocycles. The number of hydrogen-bond acceptors (Lipinski definition) is 2. The molecule has 0 fully saturated rings. The molecule has 3 nitrogen and oxygen atoms in total. The molecule has 0 aliphatic heterocycles. The lowest BCUT2D eigenvalue weighted by atomic mass is 10.00. The number of benzene rings is 1. The maximum absolute atomic E-state index is 13.1. The number of pyridine rings is 1. The molecule has 2 heterocycles. The van der Waals surface area contributed by atoms with E-state index in [4.69, 9.17) is 0 Å². The van der Waals surface area contributed by atoms with Crippen molar-refractivity contribution in [3.8, 4) is 0 Å². The van der Waals surface area contributed by atoms with Crippen molar-refractivity contribution in [2.24, 2.45) is 0 Å². The van der Waals surface area contributed by atoms with E-state index < -0.39 is 0 Å². The van der Waals surface area contributed by atoms with Gasteiger partial charge >= 0.3 is 0 Å². The fourth-order valence-electron chi connectivity index (χ4n) is 2.44. The van der Waals surface area contributed by atoms with Gasteiger partial charge in [0.1, 0.15) is 5.82 Å². The number of fused-ring (bicyclic) bond motifs is 1. The van der Waals surface area contributed by atoms with Crippen LogP contribution < -0.4 is 5.32 Å². The van der Waals surface area contributed by atoms with Crippen LogP contribution in [0.15, 0.2) is 54.9 Å². The van der Waals surface area contributed by atoms with Gasteiger partial charge in [0.05, 0.1) is 17.8 Å². The molecule has 0 bridgehead atoms. The number of halogens is 1. The fraction of sp³-hybridized carbons (Fsp3) is 0.188. The van der Waals surface area contributed by atoms with Gasteiger partial charge in [-0.25, -0.2) is 8.91 Å². The Morgan fingerprint density at radius 1 is 1.20 bits per heavy atom. The summed E-state index contributed by atoms with van der Waals surface area (Å²) in [5.41, 5.74) is 3.19. The highest BCUT2D eigenvalue weighted by molar-refractivity contribution is 5.57. The third-order valence-corrected chi connectivity index (χ3v) is 3.38. The van der Waals surface area contributed by atoms with E-state index in [-0.39, 0.29) is 11.9 Å². The maximum Gasteiger partial charge on any atom is 0.123 e. The van der Waals surface area contributed by atoms with Crippen molar-refractivity contribution >= 4 is 5.52 Å². The highest BCUT2D eigenvalue weighted by Gasteiger charge is 2.17. The molecule has 1 aromatic carbocycles. The Morgan fingerprint density at radius 2 is 2.00 bits per heavy atom. The Hall–Kier alpha value is -2.20. The Kier molecular flexibility index (Phi) is 3.48. The predicted molar refractivity (Wildman–Crippen MR) is 77.1 cm³/mol. The molecule has 0 saturated carbocycles. The lowest BCUT2D eigenvalue weighted by molar-refractivity contribution is 0.615. The molecular formula is C16H16FN3. The quantitative estimate of drug-likeness (QED) is 0.788. The molecule has 2 aromatic heterocycles. The van der Waals surface area contributed by atoms with E-state index in [1.165, 1.54) is 12.1 Å². The highest BCUT2D eigenvalue weighted by atomic mass is 19.1. The summed E-state index contributed by atoms with van der Waals surface area (Å²) >= 11 is 0. The van der Waals surface area contributed by atoms with Crippen LogP contribution in [0.2, 0.25) is 0 Å². The van der Waals surface area contributed by atoms with Crippen LogP contribution in [0.5, 0.6) is 0 Å². The van der Waals surface area contributed by atoms with Crippen LogP contribution in [0.25, 0.3) is 5.52 Å². The Labute approximate surface area is 117 Å². The average Bonchev–Trinajstić information content (AvgIpc) is 2.90. The summed E-state index contributed by atoms with van der Waals surface area (Å²) in [6.45, 7) is 2.88. The topological polar surface area (TPSA) is 29.3 Å². The minimum Gasteiger partial charge on any atom is -0.306 e. The van der Waals surface area contributed by atoms with Gasteiger partial charge in [-0.2, -0.15) is 5.10 Å². The van der Waals surface area contributed by atoms with Crippen LogP contribution in [-0.4, -0.2) is 16.2 Å². The standard InChI is InChI=1S/C16H16FN3/c1-2-18-16(12-6-8-13(17)9-7-12)14-11-19-20-10-4-3-5-15(14)20/h3-11,16,18H,2H2,1H3. The summed E-state index contributed by atoms with van der Waals surface area (Å²) in [6.07, 6.45) is 3.79. The molecule has 0 aliphatic rings. The zero-order valence-corrected chi connectivity index (χ0v) is 11.3. The van der Waals surface area contributed by atoms with Crippen molar-refractivity contribution < 1.29 is 4.39 Å². The zero-order valence-electron chi connectivity index (χ0n) is 11.3. The first kappa shape index (κ1) is 12.8. The normalized spacial score (nSPS) is 12.7. The van der Waals surface area contributed by atoms with Crippen LogP contribution in [0, 0.1) is 5.82 Å². The number of nitrogens with one attached hydrogen (secondary N) is 1. The predicted octanol–water partition coefficient (Wildman–Crippen LogP) is 3.17. The highest BCUT2D eigenvalue weighted by Crippen LogP contribution is 2.25. The number of nitrogens with zero attached hydrogens (tertiary/aromatic N) is 2. The fourth-order valence-corrected chi connectivity index (χ4v) is 2.44. The average molecular weight is 269 g/mol. The molecule has 4 heteroatoms. The minimum atomic E-state index is -0.219. The van der Waals surface area contributed by atoms with Crippen molar-refractivity contribution in [2.75, 3.05) is 6.54 Å². The summed E-state index contributed by atoms with van der Waals surface area (Å²) in [5, 5.41) is 7.80. The summed E-state index contributed by atoms with van der Waals surface area (Å²) in [6, 6.07) is 12.6. The molecule has 3 aromatic rings. The first-order chi connectivity index (χ1) is 9.79. The third kappa shape index (κ3) is 2.30. The molecule has 0 spiro atoms. The van der Waals surface area contributed by atoms with Crippen LogP contribution in [0.1, 0.15) is 24.1 Å². The van der Waals surface area contributed by atoms with Gasteiger partial charge in [0, 0.05) is 11.8 Å². The number of hydrogen-bond donors (Lipinski definition) is 1. The summed E-state index contributed by atoms with van der Waals surface area (Å²) < 4.78 is 14.9. The first-order valence-corrected chi connectivity index (χ1v) is 6.70. The third-order valence-electron chi connectivity index (χ3n) is 3.38. The van der Waals surface area contributed by atoms with E-state index in [9.17, 15) is 4.39 Å². The van der Waals surface area contributed by atoms with Crippen molar-refractivity contribution in [3.63, 3.8) is 0 Å². The van der Waals surface area contributed by atoms with Crippen LogP contribution in [0.4, 0.5) is 4.39 Å². The van der Waals surface area contributed by atoms with Gasteiger partial charge in [0.2, 0.25) is 0 Å². The van der Waals surface area contributed by atoms with E-state index >= 15 is 0 Å². The van der Waals surface area contributed by atoms with Gasteiger partial charge in [-0.05, 0) is 36.4 Å². The van der Waals surface area contributed by atoms with Crippen molar-refractivity contribution in [2.45, 2.75) is 13.0 Å². The monoisotopic (exact) mass is 269 g/mol. The van der Waals surface area contributed by atoms with Gasteiger partial charge in [0.15, 0.2) is 0 Å². The lowest BCUT2D eigenvalue weighted by Gasteiger charge is -2.17. The van der Waals surface area contributed by atoms with Gasteiger partial charge in [-0.3, -0.25) is 0 Å². The van der Waals surface area contributed by atoms with Crippen molar-refractivity contribution in [1.82, 2.24) is 14.9 Å². The van der Waals surface area contributed by atoms with Gasteiger partial charge < -0.3 is 5.32 Å². The summed E-state index contributed by atoms with van der Waals surface area (Å²) in [5.74, 6) is -0.219. The smallest absolute Gasteiger partial charge is 0.123 e. The van der Waals surface area contributed by atoms with Gasteiger partial charge in [-0.1, -0.05) is 25.1 Å². The molecule has 0 radical (unpaired) electrons. The van der Waals surface area contributed by atoms with Gasteiger partial charge in [0.25, 0.3) is 0 Å². The first-order valence-electron chi connectivity index (χ1n) is 6.70. The van der Waals surface area contributed by atoms with E-state index in [1.54, 1.807) is 0 Å². The molecular weight excluding hydrogens is 253 g/mol. The molecule has 1 atom stereocenters. The second-order valence-corrected chi connectivity index (χ2v) is 4.67. The molecule has 1 N–H and O–H groups in total. The van der Waals surface area contributed by atoms with Crippen LogP contribution >= 0.6 is 0 Å². The van der Waals surface area contributed by atoms with Crippen molar-refractivity contribution in [3.05, 3.63) is 71.8 Å². The Morgan fingerprint density at radius 3 is 2.75 bits per heavy atom. The number of aromatic nitrogens is 2. The molecule has 3 rings (SSSR count). The second kappa shape index (κ2) is 5.43. The largest absolute Gasteiger partial charge is 0.306 e. The van der Waals surface area contributed by atoms with Crippen molar-refractivity contribution in [1.29, 1.82) is 0 Å². The maximum atomic E-state index is 13.1. The van der Waals surface area contributed by atoms with Crippen LogP contribution in [0.3, 0.4) is 0 Å². The van der Waals surface area contributed by atoms with E-state index in [0.29, 0.717) is 0 Å². The molecule has 0 aliphatic carbocycles. The van der Waals surface area contributed by atoms with Gasteiger partial charge in [-0.15, -0.1) is 0 Å². The second-order valence-electron chi connectivity index (χ2n) is 4.67. The van der Waals surface area contributed by atoms with E-state index in [2.05, 4.69) is 17.3 Å². The van der Waals surface area contributed by atoms with Crippen LogP contribution in [-0.2, 0) is 0 Å². The summed E-state index contributed by atoms with van der Waals surface area (Å²) in [7, 11) is 0. The Balaban J connectivity index is 2.08. The van der Waals surface area contributed by atoms with E-state index in [0.717, 1.165) is 23.2 Å². The number of rotatable bonds is 4. The molecule has 0 amide bonds. The molecule has 20 heavy (non-hydrogen) atoms. The minimum absolute atomic E-state index is 0.0144. The SMILES string of the molecule is CCNC(c1ccc(F)cc1)c1cnn2ccccc12. The molecule has 1 unspecified atom stereocenters. The van der Waals surface area contributed by atoms with E-state index in [1.807, 2.05) is 47.2 Å². The lowest BCUT2D eigenvalue weighted by Crippen LogP contribution is -2.21. The summed E-state index contributed by atoms with van der Waals surface area (Å²) in [4.78, 5) is 0.